The van der Waals surface area contributed by atoms with Crippen molar-refractivity contribution >= 4 is 5.82 Å². The number of rotatable bonds is 3. The zero-order chi connectivity index (χ0) is 11.5. The van der Waals surface area contributed by atoms with E-state index in [0.717, 1.165) is 38.2 Å². The standard InChI is InChI=1S/C11H20N4O/c1-14-8-9(12)3-5-15-11(14)7-10(13-15)4-6-16-2/h7,9H,3-6,8,12H2,1-2H3. The first kappa shape index (κ1) is 11.4. The summed E-state index contributed by atoms with van der Waals surface area (Å²) < 4.78 is 7.12. The molecule has 90 valence electrons. The molecule has 5 heteroatoms. The molecule has 1 aliphatic heterocycles. The minimum absolute atomic E-state index is 0.245. The van der Waals surface area contributed by atoms with E-state index in [1.54, 1.807) is 7.11 Å². The van der Waals surface area contributed by atoms with E-state index < -0.39 is 0 Å². The van der Waals surface area contributed by atoms with Gasteiger partial charge in [0.05, 0.1) is 12.3 Å². The lowest BCUT2D eigenvalue weighted by Gasteiger charge is -2.18. The smallest absolute Gasteiger partial charge is 0.126 e. The van der Waals surface area contributed by atoms with E-state index >= 15 is 0 Å². The highest BCUT2D eigenvalue weighted by atomic mass is 16.5. The van der Waals surface area contributed by atoms with E-state index in [4.69, 9.17) is 10.5 Å². The third kappa shape index (κ3) is 2.36. The highest BCUT2D eigenvalue weighted by Gasteiger charge is 2.18. The van der Waals surface area contributed by atoms with Gasteiger partial charge in [0.15, 0.2) is 0 Å². The molecule has 0 saturated heterocycles. The summed E-state index contributed by atoms with van der Waals surface area (Å²) >= 11 is 0. The van der Waals surface area contributed by atoms with Crippen molar-refractivity contribution in [2.24, 2.45) is 5.73 Å². The van der Waals surface area contributed by atoms with Crippen LogP contribution in [0.1, 0.15) is 12.1 Å². The molecule has 2 heterocycles. The predicted molar refractivity (Wildman–Crippen MR) is 63.7 cm³/mol. The number of nitrogens with zero attached hydrogens (tertiary/aromatic N) is 3. The Labute approximate surface area is 96.2 Å². The Kier molecular flexibility index (Phi) is 3.46. The molecular weight excluding hydrogens is 204 g/mol. The van der Waals surface area contributed by atoms with Crippen LogP contribution in [0.25, 0.3) is 0 Å². The Bertz CT molecular complexity index is 350. The SMILES string of the molecule is COCCc1cc2n(n1)CCC(N)CN2C. The number of ether oxygens (including phenoxy) is 1. The van der Waals surface area contributed by atoms with Gasteiger partial charge in [0.2, 0.25) is 0 Å². The molecule has 1 unspecified atom stereocenters. The van der Waals surface area contributed by atoms with Gasteiger partial charge in [-0.25, -0.2) is 4.68 Å². The largest absolute Gasteiger partial charge is 0.384 e. The van der Waals surface area contributed by atoms with Gasteiger partial charge in [-0.2, -0.15) is 5.10 Å². The highest BCUT2D eigenvalue weighted by Crippen LogP contribution is 2.19. The van der Waals surface area contributed by atoms with Gasteiger partial charge >= 0.3 is 0 Å². The summed E-state index contributed by atoms with van der Waals surface area (Å²) in [5, 5.41) is 4.57. The van der Waals surface area contributed by atoms with Crippen molar-refractivity contribution in [1.82, 2.24) is 9.78 Å². The van der Waals surface area contributed by atoms with Gasteiger partial charge < -0.3 is 15.4 Å². The number of methoxy groups -OCH3 is 1. The first-order valence-electron chi connectivity index (χ1n) is 5.73. The third-order valence-electron chi connectivity index (χ3n) is 2.98. The fourth-order valence-electron chi connectivity index (χ4n) is 2.08. The van der Waals surface area contributed by atoms with Crippen LogP contribution in [0.3, 0.4) is 0 Å². The van der Waals surface area contributed by atoms with Crippen LogP contribution in [0.4, 0.5) is 5.82 Å². The van der Waals surface area contributed by atoms with Gasteiger partial charge in [-0.05, 0) is 6.42 Å². The summed E-state index contributed by atoms with van der Waals surface area (Å²) in [5.41, 5.74) is 7.08. The number of hydrogen-bond acceptors (Lipinski definition) is 4. The second-order valence-electron chi connectivity index (χ2n) is 4.39. The Balaban J connectivity index is 2.14. The minimum atomic E-state index is 0.245. The molecule has 2 N–H and O–H groups in total. The van der Waals surface area contributed by atoms with Crippen LogP contribution in [0, 0.1) is 0 Å². The molecule has 0 spiro atoms. The number of aromatic nitrogens is 2. The third-order valence-corrected chi connectivity index (χ3v) is 2.98. The lowest BCUT2D eigenvalue weighted by molar-refractivity contribution is 0.201. The van der Waals surface area contributed by atoms with Gasteiger partial charge in [0.25, 0.3) is 0 Å². The molecule has 2 rings (SSSR count). The van der Waals surface area contributed by atoms with Crippen LogP contribution in [-0.2, 0) is 17.7 Å². The van der Waals surface area contributed by atoms with E-state index in [9.17, 15) is 0 Å². The van der Waals surface area contributed by atoms with E-state index in [1.165, 1.54) is 5.82 Å². The Morgan fingerprint density at radius 2 is 2.44 bits per heavy atom. The van der Waals surface area contributed by atoms with Crippen molar-refractivity contribution in [2.45, 2.75) is 25.4 Å². The van der Waals surface area contributed by atoms with Crippen molar-refractivity contribution in [3.05, 3.63) is 11.8 Å². The van der Waals surface area contributed by atoms with Crippen molar-refractivity contribution in [3.63, 3.8) is 0 Å². The summed E-state index contributed by atoms with van der Waals surface area (Å²) in [5.74, 6) is 1.17. The molecule has 5 nitrogen and oxygen atoms in total. The van der Waals surface area contributed by atoms with E-state index in [-0.39, 0.29) is 6.04 Å². The average Bonchev–Trinajstić information content (AvgIpc) is 2.61. The zero-order valence-electron chi connectivity index (χ0n) is 10.0. The zero-order valence-corrected chi connectivity index (χ0v) is 10.0. The number of fused-ring (bicyclic) bond motifs is 1. The van der Waals surface area contributed by atoms with Crippen LogP contribution in [0.15, 0.2) is 6.07 Å². The van der Waals surface area contributed by atoms with Crippen LogP contribution >= 0.6 is 0 Å². The second kappa shape index (κ2) is 4.84. The Hall–Kier alpha value is -1.07. The van der Waals surface area contributed by atoms with Crippen molar-refractivity contribution in [2.75, 3.05) is 32.2 Å². The van der Waals surface area contributed by atoms with Gasteiger partial charge in [0.1, 0.15) is 5.82 Å². The maximum absolute atomic E-state index is 5.98. The van der Waals surface area contributed by atoms with E-state index in [2.05, 4.69) is 27.8 Å². The number of likely N-dealkylation sites (N-methyl/N-ethyl adjacent to an activating group) is 1. The number of aryl methyl sites for hydroxylation is 1. The molecule has 1 aromatic rings. The fraction of sp³-hybridized carbons (Fsp3) is 0.727. The molecule has 1 aromatic heterocycles. The van der Waals surface area contributed by atoms with E-state index in [0.29, 0.717) is 0 Å². The normalized spacial score (nSPS) is 20.7. The molecule has 1 aliphatic rings. The highest BCUT2D eigenvalue weighted by molar-refractivity contribution is 5.41. The molecule has 0 saturated carbocycles. The number of nitrogens with two attached hydrogens (primary N) is 1. The number of hydrogen-bond donors (Lipinski definition) is 1. The summed E-state index contributed by atoms with van der Waals surface area (Å²) in [6, 6.07) is 2.38. The predicted octanol–water partition coefficient (Wildman–Crippen LogP) is 0.239. The molecule has 0 amide bonds. The molecular formula is C11H20N4O. The molecule has 1 atom stereocenters. The number of anilines is 1. The van der Waals surface area contributed by atoms with Crippen LogP contribution < -0.4 is 10.6 Å². The van der Waals surface area contributed by atoms with E-state index in [1.807, 2.05) is 0 Å². The van der Waals surface area contributed by atoms with Gasteiger partial charge in [-0.15, -0.1) is 0 Å². The maximum Gasteiger partial charge on any atom is 0.126 e. The summed E-state index contributed by atoms with van der Waals surface area (Å²) in [4.78, 5) is 2.18. The van der Waals surface area contributed by atoms with Crippen molar-refractivity contribution in [3.8, 4) is 0 Å². The lowest BCUT2D eigenvalue weighted by atomic mass is 10.2. The van der Waals surface area contributed by atoms with Gasteiger partial charge in [0, 0.05) is 45.8 Å². The van der Waals surface area contributed by atoms with Crippen molar-refractivity contribution < 1.29 is 4.74 Å². The lowest BCUT2D eigenvalue weighted by Crippen LogP contribution is -2.33. The summed E-state index contributed by atoms with van der Waals surface area (Å²) in [6.45, 7) is 2.53. The Morgan fingerprint density at radius 3 is 3.19 bits per heavy atom. The molecule has 0 aromatic carbocycles. The fourth-order valence-corrected chi connectivity index (χ4v) is 2.08. The van der Waals surface area contributed by atoms with Crippen LogP contribution in [-0.4, -0.2) is 43.1 Å². The van der Waals surface area contributed by atoms with Crippen molar-refractivity contribution in [1.29, 1.82) is 0 Å². The second-order valence-corrected chi connectivity index (χ2v) is 4.39. The molecule has 0 aliphatic carbocycles. The first-order valence-corrected chi connectivity index (χ1v) is 5.73. The maximum atomic E-state index is 5.98. The topological polar surface area (TPSA) is 56.3 Å². The van der Waals surface area contributed by atoms with Gasteiger partial charge in [-0.1, -0.05) is 0 Å². The van der Waals surface area contributed by atoms with Crippen LogP contribution in [0.2, 0.25) is 0 Å². The molecule has 0 bridgehead atoms. The minimum Gasteiger partial charge on any atom is -0.384 e. The average molecular weight is 224 g/mol. The first-order chi connectivity index (χ1) is 7.70. The quantitative estimate of drug-likeness (QED) is 0.799. The molecule has 0 fully saturated rings. The molecule has 16 heavy (non-hydrogen) atoms. The molecule has 0 radical (unpaired) electrons. The summed E-state index contributed by atoms with van der Waals surface area (Å²) in [6.07, 6.45) is 1.86. The van der Waals surface area contributed by atoms with Crippen LogP contribution in [0.5, 0.6) is 0 Å². The van der Waals surface area contributed by atoms with Gasteiger partial charge in [-0.3, -0.25) is 0 Å². The summed E-state index contributed by atoms with van der Waals surface area (Å²) in [7, 11) is 3.78. The monoisotopic (exact) mass is 224 g/mol. The Morgan fingerprint density at radius 1 is 1.62 bits per heavy atom.